The first-order valence-electron chi connectivity index (χ1n) is 4.96. The third kappa shape index (κ3) is 2.12. The Morgan fingerprint density at radius 3 is 2.25 bits per heavy atom. The van der Waals surface area contributed by atoms with E-state index in [9.17, 15) is 4.39 Å². The van der Waals surface area contributed by atoms with Crippen LogP contribution in [0.4, 0.5) is 10.3 Å². The number of ether oxygens (including phenoxy) is 2. The summed E-state index contributed by atoms with van der Waals surface area (Å²) in [5.41, 5.74) is 0. The zero-order chi connectivity index (χ0) is 11.5. The molecule has 2 heterocycles. The Labute approximate surface area is 92.4 Å². The summed E-state index contributed by atoms with van der Waals surface area (Å²) in [6.07, 6.45) is -0.329. The van der Waals surface area contributed by atoms with Crippen molar-refractivity contribution in [2.75, 3.05) is 32.2 Å². The maximum Gasteiger partial charge on any atom is 0.324 e. The SMILES string of the molecule is COc1nc(OC)nc(N2CCC(F)C2)n1. The van der Waals surface area contributed by atoms with Gasteiger partial charge in [-0.15, -0.1) is 4.98 Å². The standard InChI is InChI=1S/C9H13FN4O2/c1-15-8-11-7(12-9(13-8)16-2)14-4-3-6(10)5-14/h6H,3-5H2,1-2H3. The van der Waals surface area contributed by atoms with E-state index in [1.807, 2.05) is 0 Å². The van der Waals surface area contributed by atoms with Crippen LogP contribution in [-0.2, 0) is 0 Å². The third-order valence-electron chi connectivity index (χ3n) is 2.36. The Balaban J connectivity index is 2.25. The van der Waals surface area contributed by atoms with Gasteiger partial charge < -0.3 is 14.4 Å². The average molecular weight is 228 g/mol. The van der Waals surface area contributed by atoms with Crippen molar-refractivity contribution in [2.45, 2.75) is 12.6 Å². The van der Waals surface area contributed by atoms with E-state index in [1.165, 1.54) is 14.2 Å². The van der Waals surface area contributed by atoms with Gasteiger partial charge in [0.1, 0.15) is 6.17 Å². The molecule has 0 N–H and O–H groups in total. The monoisotopic (exact) mass is 228 g/mol. The lowest BCUT2D eigenvalue weighted by atomic mass is 10.3. The van der Waals surface area contributed by atoms with E-state index in [2.05, 4.69) is 15.0 Å². The summed E-state index contributed by atoms with van der Waals surface area (Å²) in [6.45, 7) is 0.897. The van der Waals surface area contributed by atoms with Gasteiger partial charge in [-0.25, -0.2) is 4.39 Å². The molecule has 1 aromatic heterocycles. The quantitative estimate of drug-likeness (QED) is 0.748. The first kappa shape index (κ1) is 10.8. The van der Waals surface area contributed by atoms with E-state index in [1.54, 1.807) is 4.90 Å². The lowest BCUT2D eigenvalue weighted by molar-refractivity contribution is 0.339. The summed E-state index contributed by atoms with van der Waals surface area (Å²) in [4.78, 5) is 13.7. The Hall–Kier alpha value is -1.66. The minimum atomic E-state index is -0.825. The van der Waals surface area contributed by atoms with Crippen LogP contribution < -0.4 is 14.4 Å². The van der Waals surface area contributed by atoms with Gasteiger partial charge in [0.15, 0.2) is 0 Å². The molecular formula is C9H13FN4O2. The molecule has 1 fully saturated rings. The summed E-state index contributed by atoms with van der Waals surface area (Å²) in [6, 6.07) is 0.341. The predicted octanol–water partition coefficient (Wildman–Crippen LogP) is 0.437. The van der Waals surface area contributed by atoms with Crippen LogP contribution in [-0.4, -0.2) is 48.4 Å². The molecule has 0 aliphatic carbocycles. The minimum absolute atomic E-state index is 0.171. The van der Waals surface area contributed by atoms with Crippen molar-refractivity contribution < 1.29 is 13.9 Å². The van der Waals surface area contributed by atoms with Gasteiger partial charge in [-0.05, 0) is 6.42 Å². The fourth-order valence-electron chi connectivity index (χ4n) is 1.55. The zero-order valence-corrected chi connectivity index (χ0v) is 9.18. The van der Waals surface area contributed by atoms with Crippen LogP contribution in [0.25, 0.3) is 0 Å². The van der Waals surface area contributed by atoms with Gasteiger partial charge in [0.2, 0.25) is 5.95 Å². The Morgan fingerprint density at radius 1 is 1.19 bits per heavy atom. The molecule has 0 radical (unpaired) electrons. The van der Waals surface area contributed by atoms with Crippen LogP contribution in [0.1, 0.15) is 6.42 Å². The maximum absolute atomic E-state index is 13.0. The van der Waals surface area contributed by atoms with Crippen LogP contribution in [0.5, 0.6) is 12.0 Å². The Bertz CT molecular complexity index is 354. The summed E-state index contributed by atoms with van der Waals surface area (Å²) in [7, 11) is 2.92. The van der Waals surface area contributed by atoms with E-state index >= 15 is 0 Å². The Kier molecular flexibility index (Phi) is 3.02. The molecule has 0 amide bonds. The molecule has 0 spiro atoms. The van der Waals surface area contributed by atoms with Crippen molar-refractivity contribution in [1.29, 1.82) is 0 Å². The molecule has 1 atom stereocenters. The average Bonchev–Trinajstić information content (AvgIpc) is 2.75. The van der Waals surface area contributed by atoms with Crippen LogP contribution in [0.2, 0.25) is 0 Å². The van der Waals surface area contributed by atoms with E-state index in [-0.39, 0.29) is 12.0 Å². The largest absolute Gasteiger partial charge is 0.467 e. The van der Waals surface area contributed by atoms with Crippen molar-refractivity contribution in [2.24, 2.45) is 0 Å². The molecule has 2 rings (SSSR count). The Morgan fingerprint density at radius 2 is 1.81 bits per heavy atom. The number of aromatic nitrogens is 3. The smallest absolute Gasteiger partial charge is 0.324 e. The topological polar surface area (TPSA) is 60.4 Å². The number of hydrogen-bond donors (Lipinski definition) is 0. The van der Waals surface area contributed by atoms with Crippen LogP contribution in [0.15, 0.2) is 0 Å². The highest BCUT2D eigenvalue weighted by molar-refractivity contribution is 5.34. The number of alkyl halides is 1. The lowest BCUT2D eigenvalue weighted by Gasteiger charge is -2.15. The first-order valence-corrected chi connectivity index (χ1v) is 4.96. The second-order valence-electron chi connectivity index (χ2n) is 3.44. The van der Waals surface area contributed by atoms with Crippen LogP contribution in [0.3, 0.4) is 0 Å². The second-order valence-corrected chi connectivity index (χ2v) is 3.44. The minimum Gasteiger partial charge on any atom is -0.467 e. The summed E-state index contributed by atoms with van der Waals surface area (Å²) >= 11 is 0. The number of halogens is 1. The molecule has 1 aromatic rings. The summed E-state index contributed by atoms with van der Waals surface area (Å²) < 4.78 is 22.9. The van der Waals surface area contributed by atoms with Gasteiger partial charge >= 0.3 is 12.0 Å². The highest BCUT2D eigenvalue weighted by atomic mass is 19.1. The lowest BCUT2D eigenvalue weighted by Crippen LogP contribution is -2.23. The maximum atomic E-state index is 13.0. The summed E-state index contributed by atoms with van der Waals surface area (Å²) in [5.74, 6) is 0.392. The van der Waals surface area contributed by atoms with Crippen LogP contribution >= 0.6 is 0 Å². The van der Waals surface area contributed by atoms with E-state index in [0.717, 1.165) is 0 Å². The molecule has 1 saturated heterocycles. The van der Waals surface area contributed by atoms with E-state index in [0.29, 0.717) is 25.5 Å². The van der Waals surface area contributed by atoms with Crippen molar-refractivity contribution in [3.05, 3.63) is 0 Å². The summed E-state index contributed by atoms with van der Waals surface area (Å²) in [5, 5.41) is 0. The van der Waals surface area contributed by atoms with Gasteiger partial charge in [0, 0.05) is 6.54 Å². The van der Waals surface area contributed by atoms with Gasteiger partial charge in [0.25, 0.3) is 0 Å². The van der Waals surface area contributed by atoms with Gasteiger partial charge in [0.05, 0.1) is 20.8 Å². The molecule has 0 bridgehead atoms. The predicted molar refractivity (Wildman–Crippen MR) is 54.7 cm³/mol. The number of rotatable bonds is 3. The number of anilines is 1. The fourth-order valence-corrected chi connectivity index (χ4v) is 1.55. The third-order valence-corrected chi connectivity index (χ3v) is 2.36. The van der Waals surface area contributed by atoms with E-state index in [4.69, 9.17) is 9.47 Å². The molecule has 6 nitrogen and oxygen atoms in total. The fraction of sp³-hybridized carbons (Fsp3) is 0.667. The molecule has 16 heavy (non-hydrogen) atoms. The van der Waals surface area contributed by atoms with Crippen molar-refractivity contribution in [3.63, 3.8) is 0 Å². The molecule has 0 aromatic carbocycles. The van der Waals surface area contributed by atoms with Gasteiger partial charge in [-0.2, -0.15) is 9.97 Å². The molecule has 0 saturated carbocycles. The van der Waals surface area contributed by atoms with E-state index < -0.39 is 6.17 Å². The molecular weight excluding hydrogens is 215 g/mol. The van der Waals surface area contributed by atoms with Crippen molar-refractivity contribution in [1.82, 2.24) is 15.0 Å². The molecule has 88 valence electrons. The molecule has 1 unspecified atom stereocenters. The molecule has 1 aliphatic rings. The normalized spacial score (nSPS) is 19.9. The van der Waals surface area contributed by atoms with Crippen molar-refractivity contribution in [3.8, 4) is 12.0 Å². The number of nitrogens with zero attached hydrogens (tertiary/aromatic N) is 4. The van der Waals surface area contributed by atoms with Gasteiger partial charge in [-0.3, -0.25) is 0 Å². The molecule has 7 heteroatoms. The first-order chi connectivity index (χ1) is 7.72. The van der Waals surface area contributed by atoms with Gasteiger partial charge in [-0.1, -0.05) is 0 Å². The highest BCUT2D eigenvalue weighted by Gasteiger charge is 2.25. The van der Waals surface area contributed by atoms with Crippen molar-refractivity contribution >= 4 is 5.95 Å². The zero-order valence-electron chi connectivity index (χ0n) is 9.18. The highest BCUT2D eigenvalue weighted by Crippen LogP contribution is 2.21. The second kappa shape index (κ2) is 4.46. The number of hydrogen-bond acceptors (Lipinski definition) is 6. The number of methoxy groups -OCH3 is 2. The van der Waals surface area contributed by atoms with Crippen LogP contribution in [0, 0.1) is 0 Å². The molecule has 1 aliphatic heterocycles.